The molecule has 0 aliphatic heterocycles. The largest absolute Gasteiger partial charge is 0.417 e. The summed E-state index contributed by atoms with van der Waals surface area (Å²) in [5.74, 6) is 0. The van der Waals surface area contributed by atoms with Crippen LogP contribution in [-0.2, 0) is 6.18 Å². The molecule has 0 saturated heterocycles. The fourth-order valence-corrected chi connectivity index (χ4v) is 2.20. The van der Waals surface area contributed by atoms with E-state index in [9.17, 15) is 18.0 Å². The number of aryl methyl sites for hydroxylation is 2. The van der Waals surface area contributed by atoms with Crippen LogP contribution in [0, 0.1) is 13.8 Å². The van der Waals surface area contributed by atoms with Crippen molar-refractivity contribution < 1.29 is 18.0 Å². The number of benzene rings is 2. The molecule has 0 fully saturated rings. The van der Waals surface area contributed by atoms with Crippen molar-refractivity contribution in [1.29, 1.82) is 0 Å². The van der Waals surface area contributed by atoms with Crippen molar-refractivity contribution in [3.05, 3.63) is 58.1 Å². The van der Waals surface area contributed by atoms with E-state index in [1.54, 1.807) is 6.07 Å². The van der Waals surface area contributed by atoms with Gasteiger partial charge in [-0.1, -0.05) is 23.7 Å². The molecule has 0 saturated carbocycles. The second-order valence-electron chi connectivity index (χ2n) is 5.09. The minimum Gasteiger partial charge on any atom is -0.308 e. The van der Waals surface area contributed by atoms with Crippen molar-refractivity contribution in [3.8, 4) is 0 Å². The number of nitrogens with one attached hydrogen (secondary N) is 2. The molecule has 0 heterocycles. The summed E-state index contributed by atoms with van der Waals surface area (Å²) in [6.45, 7) is 3.69. The van der Waals surface area contributed by atoms with E-state index in [0.717, 1.165) is 23.3 Å². The Morgan fingerprint density at radius 1 is 1.04 bits per heavy atom. The number of halogens is 4. The predicted octanol–water partition coefficient (Wildman–Crippen LogP) is 5.62. The highest BCUT2D eigenvalue weighted by atomic mass is 35.5. The first-order chi connectivity index (χ1) is 10.7. The molecule has 122 valence electrons. The number of carbonyl (C=O) groups excluding carboxylic acids is 1. The number of amides is 2. The fourth-order valence-electron chi connectivity index (χ4n) is 1.98. The number of urea groups is 1. The van der Waals surface area contributed by atoms with Crippen molar-refractivity contribution in [1.82, 2.24) is 0 Å². The van der Waals surface area contributed by atoms with E-state index in [4.69, 9.17) is 11.6 Å². The summed E-state index contributed by atoms with van der Waals surface area (Å²) in [5, 5.41) is 4.56. The molecule has 0 aliphatic carbocycles. The molecule has 2 aromatic carbocycles. The van der Waals surface area contributed by atoms with E-state index >= 15 is 0 Å². The van der Waals surface area contributed by atoms with Gasteiger partial charge in [-0.05, 0) is 49.2 Å². The van der Waals surface area contributed by atoms with Crippen LogP contribution in [0.25, 0.3) is 0 Å². The van der Waals surface area contributed by atoms with Crippen molar-refractivity contribution >= 4 is 29.0 Å². The molecular weight excluding hydrogens is 329 g/mol. The quantitative estimate of drug-likeness (QED) is 0.730. The van der Waals surface area contributed by atoms with Crippen molar-refractivity contribution in [2.75, 3.05) is 10.6 Å². The third kappa shape index (κ3) is 4.39. The first kappa shape index (κ1) is 17.1. The molecule has 3 nitrogen and oxygen atoms in total. The zero-order valence-corrected chi connectivity index (χ0v) is 13.1. The summed E-state index contributed by atoms with van der Waals surface area (Å²) >= 11 is 5.54. The highest BCUT2D eigenvalue weighted by molar-refractivity contribution is 6.31. The Kier molecular flexibility index (Phi) is 4.85. The molecule has 0 spiro atoms. The Hall–Kier alpha value is -2.21. The van der Waals surface area contributed by atoms with Crippen LogP contribution in [0.15, 0.2) is 36.4 Å². The minimum atomic E-state index is -4.58. The lowest BCUT2D eigenvalue weighted by atomic mass is 10.1. The minimum absolute atomic E-state index is 0.00420. The Morgan fingerprint density at radius 3 is 2.39 bits per heavy atom. The number of hydrogen-bond donors (Lipinski definition) is 2. The van der Waals surface area contributed by atoms with E-state index in [1.807, 2.05) is 26.0 Å². The molecule has 0 bridgehead atoms. The summed E-state index contributed by atoms with van der Waals surface area (Å²) in [6.07, 6.45) is -4.58. The van der Waals surface area contributed by atoms with Crippen LogP contribution in [0.2, 0.25) is 5.02 Å². The summed E-state index contributed by atoms with van der Waals surface area (Å²) < 4.78 is 38.4. The number of anilines is 2. The molecule has 2 rings (SSSR count). The molecule has 0 unspecified atom stereocenters. The van der Waals surface area contributed by atoms with Gasteiger partial charge in [0.15, 0.2) is 0 Å². The van der Waals surface area contributed by atoms with Crippen LogP contribution in [0.3, 0.4) is 0 Å². The third-order valence-corrected chi connectivity index (χ3v) is 3.50. The van der Waals surface area contributed by atoms with Gasteiger partial charge in [0.25, 0.3) is 0 Å². The van der Waals surface area contributed by atoms with Crippen molar-refractivity contribution in [2.24, 2.45) is 0 Å². The van der Waals surface area contributed by atoms with E-state index < -0.39 is 22.8 Å². The highest BCUT2D eigenvalue weighted by Gasteiger charge is 2.33. The lowest BCUT2D eigenvalue weighted by molar-refractivity contribution is -0.137. The molecular formula is C16H14ClF3N2O. The Labute approximate surface area is 136 Å². The normalized spacial score (nSPS) is 11.2. The maximum atomic E-state index is 12.8. The Balaban J connectivity index is 2.16. The number of carbonyl (C=O) groups is 1. The lowest BCUT2D eigenvalue weighted by Gasteiger charge is -2.13. The molecule has 2 N–H and O–H groups in total. The predicted molar refractivity (Wildman–Crippen MR) is 85.0 cm³/mol. The maximum Gasteiger partial charge on any atom is 0.417 e. The first-order valence-electron chi connectivity index (χ1n) is 6.69. The molecule has 2 aromatic rings. The maximum absolute atomic E-state index is 12.8. The van der Waals surface area contributed by atoms with Crippen LogP contribution < -0.4 is 10.6 Å². The van der Waals surface area contributed by atoms with E-state index in [-0.39, 0.29) is 5.69 Å². The lowest BCUT2D eigenvalue weighted by Crippen LogP contribution is -2.20. The summed E-state index contributed by atoms with van der Waals surface area (Å²) in [7, 11) is 0. The van der Waals surface area contributed by atoms with Gasteiger partial charge in [0.1, 0.15) is 0 Å². The number of rotatable bonds is 2. The zero-order chi connectivity index (χ0) is 17.2. The molecule has 2 amide bonds. The van der Waals surface area contributed by atoms with Crippen LogP contribution in [0.4, 0.5) is 29.3 Å². The summed E-state index contributed by atoms with van der Waals surface area (Å²) in [6, 6.07) is 8.08. The topological polar surface area (TPSA) is 41.1 Å². The second kappa shape index (κ2) is 6.50. The SMILES string of the molecule is Cc1ccc(C)c(NC(=O)Nc2ccc(Cl)c(C(F)(F)F)c2)c1. The van der Waals surface area contributed by atoms with Crippen molar-refractivity contribution in [2.45, 2.75) is 20.0 Å². The van der Waals surface area contributed by atoms with Gasteiger partial charge in [-0.15, -0.1) is 0 Å². The summed E-state index contributed by atoms with van der Waals surface area (Å²) in [5.41, 5.74) is 1.40. The van der Waals surface area contributed by atoms with Gasteiger partial charge in [0, 0.05) is 11.4 Å². The molecule has 0 atom stereocenters. The van der Waals surface area contributed by atoms with E-state index in [2.05, 4.69) is 10.6 Å². The standard InChI is InChI=1S/C16H14ClF3N2O/c1-9-3-4-10(2)14(7-9)22-15(23)21-11-5-6-13(17)12(8-11)16(18,19)20/h3-8H,1-2H3,(H2,21,22,23). The average Bonchev–Trinajstić information content (AvgIpc) is 2.44. The first-order valence-corrected chi connectivity index (χ1v) is 7.06. The van der Waals surface area contributed by atoms with Crippen molar-refractivity contribution in [3.63, 3.8) is 0 Å². The van der Waals surface area contributed by atoms with E-state index in [0.29, 0.717) is 5.69 Å². The average molecular weight is 343 g/mol. The highest BCUT2D eigenvalue weighted by Crippen LogP contribution is 2.36. The molecule has 0 aliphatic rings. The van der Waals surface area contributed by atoms with Gasteiger partial charge in [-0.3, -0.25) is 0 Å². The smallest absolute Gasteiger partial charge is 0.308 e. The van der Waals surface area contributed by atoms with Crippen LogP contribution in [-0.4, -0.2) is 6.03 Å². The Morgan fingerprint density at radius 2 is 1.74 bits per heavy atom. The van der Waals surface area contributed by atoms with Gasteiger partial charge in [0.05, 0.1) is 10.6 Å². The van der Waals surface area contributed by atoms with Crippen LogP contribution in [0.5, 0.6) is 0 Å². The number of hydrogen-bond acceptors (Lipinski definition) is 1. The molecule has 0 aromatic heterocycles. The monoisotopic (exact) mass is 342 g/mol. The number of alkyl halides is 3. The van der Waals surface area contributed by atoms with Gasteiger partial charge in [0.2, 0.25) is 0 Å². The zero-order valence-electron chi connectivity index (χ0n) is 12.4. The van der Waals surface area contributed by atoms with Gasteiger partial charge in [-0.25, -0.2) is 4.79 Å². The molecule has 7 heteroatoms. The van der Waals surface area contributed by atoms with Gasteiger partial charge < -0.3 is 10.6 Å². The fraction of sp³-hybridized carbons (Fsp3) is 0.188. The molecule has 0 radical (unpaired) electrons. The summed E-state index contributed by atoms with van der Waals surface area (Å²) in [4.78, 5) is 12.0. The molecule has 23 heavy (non-hydrogen) atoms. The van der Waals surface area contributed by atoms with Gasteiger partial charge in [-0.2, -0.15) is 13.2 Å². The second-order valence-corrected chi connectivity index (χ2v) is 5.50. The Bertz CT molecular complexity index is 745. The third-order valence-electron chi connectivity index (χ3n) is 3.17. The van der Waals surface area contributed by atoms with Crippen LogP contribution in [0.1, 0.15) is 16.7 Å². The van der Waals surface area contributed by atoms with Crippen LogP contribution >= 0.6 is 11.6 Å². The van der Waals surface area contributed by atoms with Gasteiger partial charge >= 0.3 is 12.2 Å². The van der Waals surface area contributed by atoms with E-state index in [1.165, 1.54) is 6.07 Å².